The minimum atomic E-state index is -0.413. The van der Waals surface area contributed by atoms with Gasteiger partial charge in [0.05, 0.1) is 19.7 Å². The van der Waals surface area contributed by atoms with E-state index in [1.165, 1.54) is 0 Å². The Morgan fingerprint density at radius 1 is 1.83 bits per heavy atom. The molecule has 0 aliphatic rings. The number of nitro groups is 1. The molecule has 3 nitrogen and oxygen atoms in total. The molecular formula is C6H5BrClNO2S. The van der Waals surface area contributed by atoms with E-state index < -0.39 is 4.92 Å². The molecule has 1 atom stereocenters. The number of hydrogen-bond donors (Lipinski definition) is 0. The van der Waals surface area contributed by atoms with Gasteiger partial charge in [-0.3, -0.25) is 10.1 Å². The van der Waals surface area contributed by atoms with Gasteiger partial charge in [-0.2, -0.15) is 0 Å². The van der Waals surface area contributed by atoms with Crippen molar-refractivity contribution in [3.05, 3.63) is 25.5 Å². The monoisotopic (exact) mass is 269 g/mol. The molecule has 0 radical (unpaired) electrons. The molecule has 12 heavy (non-hydrogen) atoms. The van der Waals surface area contributed by atoms with Gasteiger partial charge in [-0.1, -0.05) is 11.3 Å². The second-order valence-corrected chi connectivity index (χ2v) is 5.25. The molecule has 0 aliphatic carbocycles. The zero-order valence-electron chi connectivity index (χ0n) is 6.08. The van der Waals surface area contributed by atoms with E-state index in [-0.39, 0.29) is 10.4 Å². The van der Waals surface area contributed by atoms with Crippen LogP contribution in [0.5, 0.6) is 0 Å². The molecular weight excluding hydrogens is 265 g/mol. The van der Waals surface area contributed by atoms with Gasteiger partial charge < -0.3 is 0 Å². The molecule has 1 aromatic heterocycles. The Morgan fingerprint density at radius 3 is 2.75 bits per heavy atom. The largest absolute Gasteiger partial charge is 0.329 e. The highest BCUT2D eigenvalue weighted by Crippen LogP contribution is 2.39. The Balaban J connectivity index is 3.17. The molecule has 6 heteroatoms. The van der Waals surface area contributed by atoms with Gasteiger partial charge in [0.25, 0.3) is 0 Å². The number of nitrogens with zero attached hydrogens (tertiary/aromatic N) is 1. The average Bonchev–Trinajstić information content (AvgIpc) is 2.31. The van der Waals surface area contributed by atoms with Crippen LogP contribution in [-0.2, 0) is 0 Å². The molecule has 0 aliphatic heterocycles. The first-order valence-electron chi connectivity index (χ1n) is 3.10. The van der Waals surface area contributed by atoms with Crippen molar-refractivity contribution in [2.45, 2.75) is 12.3 Å². The highest BCUT2D eigenvalue weighted by atomic mass is 79.9. The van der Waals surface area contributed by atoms with Crippen LogP contribution in [0.15, 0.2) is 9.85 Å². The van der Waals surface area contributed by atoms with Crippen molar-refractivity contribution < 1.29 is 4.92 Å². The second kappa shape index (κ2) is 3.72. The van der Waals surface area contributed by atoms with Gasteiger partial charge in [0.1, 0.15) is 0 Å². The van der Waals surface area contributed by atoms with Crippen molar-refractivity contribution in [3.8, 4) is 0 Å². The fourth-order valence-electron chi connectivity index (χ4n) is 0.792. The lowest BCUT2D eigenvalue weighted by atomic mass is 10.2. The van der Waals surface area contributed by atoms with Gasteiger partial charge >= 0.3 is 5.00 Å². The van der Waals surface area contributed by atoms with Crippen LogP contribution >= 0.6 is 38.9 Å². The fraction of sp³-hybridized carbons (Fsp3) is 0.333. The first kappa shape index (κ1) is 9.95. The zero-order chi connectivity index (χ0) is 9.30. The topological polar surface area (TPSA) is 43.1 Å². The molecule has 1 unspecified atom stereocenters. The van der Waals surface area contributed by atoms with Gasteiger partial charge in [-0.25, -0.2) is 0 Å². The van der Waals surface area contributed by atoms with Crippen molar-refractivity contribution in [1.29, 1.82) is 0 Å². The summed E-state index contributed by atoms with van der Waals surface area (Å²) in [5, 5.41) is 10.3. The molecule has 0 saturated carbocycles. The Hall–Kier alpha value is -0.130. The predicted molar refractivity (Wildman–Crippen MR) is 52.9 cm³/mol. The third-order valence-electron chi connectivity index (χ3n) is 1.30. The Kier molecular flexibility index (Phi) is 3.09. The van der Waals surface area contributed by atoms with Crippen LogP contribution in [0.3, 0.4) is 0 Å². The molecule has 66 valence electrons. The number of hydrogen-bond acceptors (Lipinski definition) is 3. The Bertz CT molecular complexity index is 312. The van der Waals surface area contributed by atoms with Crippen molar-refractivity contribution in [3.63, 3.8) is 0 Å². The summed E-state index contributed by atoms with van der Waals surface area (Å²) in [5.74, 6) is 0. The van der Waals surface area contributed by atoms with E-state index in [4.69, 9.17) is 11.6 Å². The van der Waals surface area contributed by atoms with Crippen LogP contribution in [0, 0.1) is 10.1 Å². The van der Waals surface area contributed by atoms with Crippen LogP contribution < -0.4 is 0 Å². The summed E-state index contributed by atoms with van der Waals surface area (Å²) in [6.07, 6.45) is 0. The lowest BCUT2D eigenvalue weighted by Crippen LogP contribution is -1.89. The molecule has 0 N–H and O–H groups in total. The quantitative estimate of drug-likeness (QED) is 0.467. The summed E-state index contributed by atoms with van der Waals surface area (Å²) in [5.41, 5.74) is 0.568. The predicted octanol–water partition coefficient (Wildman–Crippen LogP) is 3.72. The molecule has 0 fully saturated rings. The maximum atomic E-state index is 10.5. The highest BCUT2D eigenvalue weighted by molar-refractivity contribution is 9.11. The van der Waals surface area contributed by atoms with Gasteiger partial charge in [0.2, 0.25) is 0 Å². The first-order chi connectivity index (χ1) is 5.52. The number of alkyl halides is 1. The summed E-state index contributed by atoms with van der Waals surface area (Å²) in [6.45, 7) is 1.71. The molecule has 1 heterocycles. The van der Waals surface area contributed by atoms with E-state index >= 15 is 0 Å². The number of halogens is 2. The molecule has 0 aromatic carbocycles. The van der Waals surface area contributed by atoms with Crippen molar-refractivity contribution >= 4 is 43.9 Å². The van der Waals surface area contributed by atoms with Crippen LogP contribution in [0.4, 0.5) is 5.00 Å². The smallest absolute Gasteiger partial charge is 0.258 e. The van der Waals surface area contributed by atoms with Gasteiger partial charge in [0, 0.05) is 0 Å². The third-order valence-corrected chi connectivity index (χ3v) is 3.15. The maximum absolute atomic E-state index is 10.5. The van der Waals surface area contributed by atoms with E-state index in [0.29, 0.717) is 5.56 Å². The first-order valence-corrected chi connectivity index (χ1v) is 5.14. The van der Waals surface area contributed by atoms with Crippen molar-refractivity contribution in [1.82, 2.24) is 0 Å². The summed E-state index contributed by atoms with van der Waals surface area (Å²) in [7, 11) is 0. The minimum absolute atomic E-state index is 0.115. The fourth-order valence-corrected chi connectivity index (χ4v) is 2.53. The normalized spacial score (nSPS) is 12.9. The van der Waals surface area contributed by atoms with E-state index in [0.717, 1.165) is 15.1 Å². The van der Waals surface area contributed by atoms with Gasteiger partial charge in [0.15, 0.2) is 0 Å². The second-order valence-electron chi connectivity index (χ2n) is 2.18. The number of thiophene rings is 1. The average molecular weight is 271 g/mol. The van der Waals surface area contributed by atoms with E-state index in [1.807, 2.05) is 0 Å². The molecule has 1 rings (SSSR count). The van der Waals surface area contributed by atoms with Crippen molar-refractivity contribution in [2.24, 2.45) is 0 Å². The Labute approximate surface area is 86.6 Å². The minimum Gasteiger partial charge on any atom is -0.258 e. The lowest BCUT2D eigenvalue weighted by molar-refractivity contribution is -0.380. The molecule has 0 saturated heterocycles. The van der Waals surface area contributed by atoms with Crippen LogP contribution in [0.1, 0.15) is 17.9 Å². The summed E-state index contributed by atoms with van der Waals surface area (Å²) < 4.78 is 0.733. The van der Waals surface area contributed by atoms with Crippen LogP contribution in [-0.4, -0.2) is 4.92 Å². The van der Waals surface area contributed by atoms with Crippen molar-refractivity contribution in [2.75, 3.05) is 0 Å². The molecule has 0 amide bonds. The van der Waals surface area contributed by atoms with E-state index in [9.17, 15) is 10.1 Å². The lowest BCUT2D eigenvalue weighted by Gasteiger charge is -1.96. The van der Waals surface area contributed by atoms with Crippen LogP contribution in [0.2, 0.25) is 0 Å². The van der Waals surface area contributed by atoms with E-state index in [2.05, 4.69) is 15.9 Å². The standard InChI is InChI=1S/C6H5BrClNO2S/c1-3(8)4-2-5(7)12-6(4)9(10)11/h2-3H,1H3. The SMILES string of the molecule is CC(Cl)c1cc(Br)sc1[N+](=O)[O-]. The zero-order valence-corrected chi connectivity index (χ0v) is 9.24. The molecule has 0 bridgehead atoms. The highest BCUT2D eigenvalue weighted by Gasteiger charge is 2.21. The van der Waals surface area contributed by atoms with E-state index in [1.54, 1.807) is 13.0 Å². The molecule has 0 spiro atoms. The van der Waals surface area contributed by atoms with Gasteiger partial charge in [-0.05, 0) is 28.9 Å². The molecule has 1 aromatic rings. The third kappa shape index (κ3) is 1.97. The summed E-state index contributed by atoms with van der Waals surface area (Å²) in [4.78, 5) is 10.1. The number of rotatable bonds is 2. The Morgan fingerprint density at radius 2 is 2.42 bits per heavy atom. The van der Waals surface area contributed by atoms with Gasteiger partial charge in [-0.15, -0.1) is 11.6 Å². The van der Waals surface area contributed by atoms with Crippen LogP contribution in [0.25, 0.3) is 0 Å². The summed E-state index contributed by atoms with van der Waals surface area (Å²) >= 11 is 10.0. The maximum Gasteiger partial charge on any atom is 0.329 e. The summed E-state index contributed by atoms with van der Waals surface area (Å²) in [6, 6.07) is 1.68.